The number of aromatic nitrogens is 1. The molecule has 0 amide bonds. The number of nitrogens with zero attached hydrogens (tertiary/aromatic N) is 3. The highest BCUT2D eigenvalue weighted by molar-refractivity contribution is 7.21. The first kappa shape index (κ1) is 23.8. The van der Waals surface area contributed by atoms with E-state index < -0.39 is 8.07 Å². The summed E-state index contributed by atoms with van der Waals surface area (Å²) in [5.74, 6) is 0. The van der Waals surface area contributed by atoms with Crippen LogP contribution in [0.4, 0.5) is 17.1 Å². The van der Waals surface area contributed by atoms with E-state index in [2.05, 4.69) is 143 Å². The van der Waals surface area contributed by atoms with E-state index in [4.69, 9.17) is 0 Å². The predicted octanol–water partition coefficient (Wildman–Crippen LogP) is 5.78. The number of hydrogen-bond donors (Lipinski definition) is 0. The molecule has 0 saturated carbocycles. The first-order valence-electron chi connectivity index (χ1n) is 13.4. The normalized spacial score (nSPS) is 13.1. The minimum atomic E-state index is -2.67. The van der Waals surface area contributed by atoms with Crippen LogP contribution in [0.2, 0.25) is 0 Å². The number of fused-ring (bicyclic) bond motifs is 2. The number of hydrogen-bond acceptors (Lipinski definition) is 3. The molecule has 1 aromatic heterocycles. The molecule has 0 bridgehead atoms. The third-order valence-electron chi connectivity index (χ3n) is 7.86. The van der Waals surface area contributed by atoms with Gasteiger partial charge in [0.05, 0.1) is 5.69 Å². The van der Waals surface area contributed by atoms with E-state index in [0.717, 1.165) is 28.2 Å². The molecule has 188 valence electrons. The average Bonchev–Trinajstić information content (AvgIpc) is 3.04. The summed E-state index contributed by atoms with van der Waals surface area (Å²) in [5.41, 5.74) is 5.58. The molecule has 6 aromatic rings. The van der Waals surface area contributed by atoms with Gasteiger partial charge in [-0.2, -0.15) is 5.26 Å². The molecule has 2 heterocycles. The lowest BCUT2D eigenvalue weighted by Crippen LogP contribution is -2.77. The van der Waals surface area contributed by atoms with Crippen molar-refractivity contribution in [2.75, 3.05) is 4.90 Å². The Morgan fingerprint density at radius 2 is 0.975 bits per heavy atom. The quantitative estimate of drug-likeness (QED) is 0.273. The predicted molar refractivity (Wildman–Crippen MR) is 166 cm³/mol. The van der Waals surface area contributed by atoms with Crippen LogP contribution < -0.4 is 25.6 Å². The summed E-state index contributed by atoms with van der Waals surface area (Å²) in [5, 5.41) is 15.3. The second-order valence-electron chi connectivity index (χ2n) is 9.88. The smallest absolute Gasteiger partial charge is 0.184 e. The second-order valence-corrected chi connectivity index (χ2v) is 13.6. The molecule has 0 atom stereocenters. The van der Waals surface area contributed by atoms with E-state index in [1.807, 2.05) is 18.2 Å². The second kappa shape index (κ2) is 9.81. The van der Waals surface area contributed by atoms with Gasteiger partial charge in [-0.1, -0.05) is 115 Å². The SMILES string of the molecule is N#Cc1ncccc1-c1ccccc1N1c2ccccc2[Si](c2ccccc2)(c2ccccc2)c2ccccc21. The van der Waals surface area contributed by atoms with Crippen molar-refractivity contribution in [3.05, 3.63) is 157 Å². The van der Waals surface area contributed by atoms with Crippen molar-refractivity contribution >= 4 is 45.9 Å². The zero-order valence-electron chi connectivity index (χ0n) is 21.8. The number of benzene rings is 5. The Hall–Kier alpha value is -5.24. The third kappa shape index (κ3) is 3.53. The van der Waals surface area contributed by atoms with Crippen molar-refractivity contribution in [3.8, 4) is 17.2 Å². The van der Waals surface area contributed by atoms with Gasteiger partial charge in [-0.3, -0.25) is 0 Å². The molecule has 7 rings (SSSR count). The fraction of sp³-hybridized carbons (Fsp3) is 0. The van der Waals surface area contributed by atoms with E-state index in [0.29, 0.717) is 5.69 Å². The van der Waals surface area contributed by atoms with Crippen molar-refractivity contribution in [2.45, 2.75) is 0 Å². The summed E-state index contributed by atoms with van der Waals surface area (Å²) in [6, 6.07) is 54.2. The van der Waals surface area contributed by atoms with Gasteiger partial charge in [0.15, 0.2) is 8.07 Å². The molecule has 4 heteroatoms. The molecular formula is C36H25N3Si. The van der Waals surface area contributed by atoms with Gasteiger partial charge in [0, 0.05) is 28.7 Å². The van der Waals surface area contributed by atoms with Gasteiger partial charge in [0.1, 0.15) is 11.8 Å². The molecular weight excluding hydrogens is 503 g/mol. The van der Waals surface area contributed by atoms with Crippen molar-refractivity contribution in [2.24, 2.45) is 0 Å². The molecule has 0 fully saturated rings. The summed E-state index contributed by atoms with van der Waals surface area (Å²) in [7, 11) is -2.67. The Morgan fingerprint density at radius 1 is 0.500 bits per heavy atom. The van der Waals surface area contributed by atoms with Gasteiger partial charge in [-0.25, -0.2) is 4.98 Å². The molecule has 0 N–H and O–H groups in total. The van der Waals surface area contributed by atoms with Crippen molar-refractivity contribution in [1.82, 2.24) is 4.98 Å². The number of anilines is 3. The van der Waals surface area contributed by atoms with Crippen LogP contribution >= 0.6 is 0 Å². The van der Waals surface area contributed by atoms with Gasteiger partial charge in [0.25, 0.3) is 0 Å². The molecule has 0 saturated heterocycles. The maximum atomic E-state index is 9.90. The van der Waals surface area contributed by atoms with Crippen LogP contribution in [0.1, 0.15) is 5.69 Å². The summed E-state index contributed by atoms with van der Waals surface area (Å²) in [4.78, 5) is 6.76. The summed E-state index contributed by atoms with van der Waals surface area (Å²) >= 11 is 0. The minimum absolute atomic E-state index is 0.422. The fourth-order valence-corrected chi connectivity index (χ4v) is 11.4. The summed E-state index contributed by atoms with van der Waals surface area (Å²) < 4.78 is 0. The molecule has 0 spiro atoms. The third-order valence-corrected chi connectivity index (χ3v) is 12.7. The molecule has 5 aromatic carbocycles. The van der Waals surface area contributed by atoms with Crippen LogP contribution in [-0.2, 0) is 0 Å². The molecule has 1 aliphatic rings. The Labute approximate surface area is 235 Å². The van der Waals surface area contributed by atoms with Gasteiger partial charge in [-0.15, -0.1) is 0 Å². The molecule has 0 radical (unpaired) electrons. The van der Waals surface area contributed by atoms with Crippen LogP contribution in [0.25, 0.3) is 11.1 Å². The number of pyridine rings is 1. The lowest BCUT2D eigenvalue weighted by Gasteiger charge is -2.45. The van der Waals surface area contributed by atoms with Crippen LogP contribution in [0.15, 0.2) is 152 Å². The number of para-hydroxylation sites is 3. The van der Waals surface area contributed by atoms with E-state index in [9.17, 15) is 5.26 Å². The highest BCUT2D eigenvalue weighted by atomic mass is 28.3. The zero-order chi connectivity index (χ0) is 26.9. The Morgan fingerprint density at radius 3 is 1.55 bits per heavy atom. The van der Waals surface area contributed by atoms with E-state index in [1.165, 1.54) is 20.7 Å². The Kier molecular flexibility index (Phi) is 5.85. The first-order chi connectivity index (χ1) is 19.8. The van der Waals surface area contributed by atoms with Crippen LogP contribution in [-0.4, -0.2) is 13.1 Å². The molecule has 40 heavy (non-hydrogen) atoms. The maximum Gasteiger partial charge on any atom is 0.184 e. The van der Waals surface area contributed by atoms with Crippen molar-refractivity contribution < 1.29 is 0 Å². The van der Waals surface area contributed by atoms with E-state index >= 15 is 0 Å². The van der Waals surface area contributed by atoms with Gasteiger partial charge < -0.3 is 4.90 Å². The topological polar surface area (TPSA) is 39.9 Å². The Balaban J connectivity index is 1.59. The summed E-state index contributed by atoms with van der Waals surface area (Å²) in [6.07, 6.45) is 1.68. The average molecular weight is 528 g/mol. The maximum absolute atomic E-state index is 9.90. The first-order valence-corrected chi connectivity index (χ1v) is 15.4. The zero-order valence-corrected chi connectivity index (χ0v) is 22.8. The molecule has 1 aliphatic heterocycles. The monoisotopic (exact) mass is 527 g/mol. The minimum Gasteiger partial charge on any atom is -0.310 e. The lowest BCUT2D eigenvalue weighted by atomic mass is 10.0. The number of rotatable bonds is 4. The highest BCUT2D eigenvalue weighted by Crippen LogP contribution is 2.43. The summed E-state index contributed by atoms with van der Waals surface area (Å²) in [6.45, 7) is 0. The molecule has 0 aliphatic carbocycles. The van der Waals surface area contributed by atoms with E-state index in [-0.39, 0.29) is 0 Å². The fourth-order valence-electron chi connectivity index (χ4n) is 6.28. The Bertz CT molecular complexity index is 1790. The largest absolute Gasteiger partial charge is 0.310 e. The van der Waals surface area contributed by atoms with E-state index in [1.54, 1.807) is 6.20 Å². The molecule has 3 nitrogen and oxygen atoms in total. The number of nitriles is 1. The van der Waals surface area contributed by atoms with Gasteiger partial charge >= 0.3 is 0 Å². The highest BCUT2D eigenvalue weighted by Gasteiger charge is 2.48. The van der Waals surface area contributed by atoms with Crippen LogP contribution in [0.3, 0.4) is 0 Å². The van der Waals surface area contributed by atoms with Crippen LogP contribution in [0, 0.1) is 11.3 Å². The van der Waals surface area contributed by atoms with Gasteiger partial charge in [-0.05, 0) is 51.1 Å². The van der Waals surface area contributed by atoms with Crippen molar-refractivity contribution in [1.29, 1.82) is 5.26 Å². The van der Waals surface area contributed by atoms with Crippen molar-refractivity contribution in [3.63, 3.8) is 0 Å². The van der Waals surface area contributed by atoms with Crippen LogP contribution in [0.5, 0.6) is 0 Å². The molecule has 0 unspecified atom stereocenters. The lowest BCUT2D eigenvalue weighted by molar-refractivity contribution is 1.25. The standard InChI is InChI=1S/C36H25N3Si/c37-26-31-29(19-13-25-38-31)30-18-7-8-20-32(30)39-33-21-9-11-23-35(33)40(27-14-3-1-4-15-27,28-16-5-2-6-17-28)36-24-12-10-22-34(36)39/h1-25H. The van der Waals surface area contributed by atoms with Gasteiger partial charge in [0.2, 0.25) is 0 Å².